The molecule has 0 radical (unpaired) electrons. The number of benzene rings is 2. The maximum atomic E-state index is 10.3. The summed E-state index contributed by atoms with van der Waals surface area (Å²) < 4.78 is 16.2. The molecule has 1 aliphatic heterocycles. The summed E-state index contributed by atoms with van der Waals surface area (Å²) >= 11 is 0. The van der Waals surface area contributed by atoms with Gasteiger partial charge in [0.05, 0.1) is 33.5 Å². The number of methoxy groups -OCH3 is 2. The second-order valence-corrected chi connectivity index (χ2v) is 6.98. The number of nitrogens with zero attached hydrogens (tertiary/aromatic N) is 2. The fourth-order valence-corrected chi connectivity index (χ4v) is 3.46. The molecule has 1 fully saturated rings. The molecule has 1 heterocycles. The van der Waals surface area contributed by atoms with Crippen molar-refractivity contribution in [3.63, 3.8) is 0 Å². The van der Waals surface area contributed by atoms with Crippen LogP contribution in [-0.2, 0) is 11.3 Å². The highest BCUT2D eigenvalue weighted by atomic mass is 16.5. The van der Waals surface area contributed by atoms with Crippen LogP contribution in [0.5, 0.6) is 11.5 Å². The zero-order valence-corrected chi connectivity index (χ0v) is 16.7. The van der Waals surface area contributed by atoms with E-state index in [1.54, 1.807) is 14.2 Å². The van der Waals surface area contributed by atoms with E-state index < -0.39 is 6.10 Å². The monoisotopic (exact) mass is 386 g/mol. The van der Waals surface area contributed by atoms with Crippen LogP contribution >= 0.6 is 0 Å². The lowest BCUT2D eigenvalue weighted by atomic mass is 10.2. The van der Waals surface area contributed by atoms with Gasteiger partial charge in [-0.3, -0.25) is 4.90 Å². The minimum absolute atomic E-state index is 0.313. The Labute approximate surface area is 167 Å². The van der Waals surface area contributed by atoms with E-state index in [1.165, 1.54) is 5.69 Å². The molecule has 2 aromatic rings. The Hall–Kier alpha value is -2.28. The van der Waals surface area contributed by atoms with E-state index in [0.29, 0.717) is 31.3 Å². The predicted octanol–water partition coefficient (Wildman–Crippen LogP) is 2.40. The Kier molecular flexibility index (Phi) is 7.54. The van der Waals surface area contributed by atoms with Crippen LogP contribution in [0.25, 0.3) is 0 Å². The van der Waals surface area contributed by atoms with Crippen molar-refractivity contribution in [2.75, 3.05) is 58.5 Å². The van der Waals surface area contributed by atoms with E-state index in [0.717, 1.165) is 31.7 Å². The fourth-order valence-electron chi connectivity index (χ4n) is 3.46. The molecular weight excluding hydrogens is 356 g/mol. The number of hydrogen-bond donors (Lipinski definition) is 1. The maximum Gasteiger partial charge on any atom is 0.161 e. The van der Waals surface area contributed by atoms with Gasteiger partial charge in [-0.1, -0.05) is 24.3 Å². The third-order valence-corrected chi connectivity index (χ3v) is 4.99. The quantitative estimate of drug-likeness (QED) is 0.714. The standard InChI is InChI=1S/C22H30N2O4/c1-26-21-9-8-18(14-22(21)27-2)16-28-17-20(25)15-23-10-12-24(13-11-23)19-6-4-3-5-7-19/h3-9,14,20,25H,10-13,15-17H2,1-2H3. The van der Waals surface area contributed by atoms with Crippen LogP contribution in [0.4, 0.5) is 5.69 Å². The molecule has 28 heavy (non-hydrogen) atoms. The summed E-state index contributed by atoms with van der Waals surface area (Å²) in [6.45, 7) is 5.22. The molecule has 0 amide bonds. The van der Waals surface area contributed by atoms with E-state index in [9.17, 15) is 5.11 Å². The molecule has 2 aromatic carbocycles. The van der Waals surface area contributed by atoms with Gasteiger partial charge in [0, 0.05) is 38.4 Å². The molecule has 0 spiro atoms. The zero-order chi connectivity index (χ0) is 19.8. The van der Waals surface area contributed by atoms with E-state index >= 15 is 0 Å². The average Bonchev–Trinajstić information content (AvgIpc) is 2.74. The normalized spacial score (nSPS) is 16.0. The van der Waals surface area contributed by atoms with Crippen LogP contribution < -0.4 is 14.4 Å². The largest absolute Gasteiger partial charge is 0.493 e. The Morgan fingerprint density at radius 3 is 2.32 bits per heavy atom. The van der Waals surface area contributed by atoms with Crippen molar-refractivity contribution < 1.29 is 19.3 Å². The second-order valence-electron chi connectivity index (χ2n) is 6.98. The van der Waals surface area contributed by atoms with Crippen molar-refractivity contribution in [3.05, 3.63) is 54.1 Å². The molecule has 6 nitrogen and oxygen atoms in total. The maximum absolute atomic E-state index is 10.3. The number of para-hydroxylation sites is 1. The lowest BCUT2D eigenvalue weighted by molar-refractivity contribution is 0.00909. The van der Waals surface area contributed by atoms with Gasteiger partial charge in [0.25, 0.3) is 0 Å². The van der Waals surface area contributed by atoms with Gasteiger partial charge in [-0.15, -0.1) is 0 Å². The van der Waals surface area contributed by atoms with E-state index in [4.69, 9.17) is 14.2 Å². The van der Waals surface area contributed by atoms with Crippen LogP contribution in [0, 0.1) is 0 Å². The third kappa shape index (κ3) is 5.61. The number of aliphatic hydroxyl groups excluding tert-OH is 1. The van der Waals surface area contributed by atoms with Gasteiger partial charge in [-0.05, 0) is 29.8 Å². The number of anilines is 1. The van der Waals surface area contributed by atoms with Crippen LogP contribution in [0.15, 0.2) is 48.5 Å². The summed E-state index contributed by atoms with van der Waals surface area (Å²) in [5, 5.41) is 10.3. The molecule has 0 aliphatic carbocycles. The first-order valence-electron chi connectivity index (χ1n) is 9.68. The van der Waals surface area contributed by atoms with E-state index in [2.05, 4.69) is 34.1 Å². The molecule has 1 atom stereocenters. The number of ether oxygens (including phenoxy) is 3. The summed E-state index contributed by atoms with van der Waals surface area (Å²) in [5.74, 6) is 1.38. The predicted molar refractivity (Wildman–Crippen MR) is 110 cm³/mol. The number of piperazine rings is 1. The van der Waals surface area contributed by atoms with Gasteiger partial charge < -0.3 is 24.2 Å². The lowest BCUT2D eigenvalue weighted by Gasteiger charge is -2.36. The average molecular weight is 386 g/mol. The van der Waals surface area contributed by atoms with Gasteiger partial charge >= 0.3 is 0 Å². The highest BCUT2D eigenvalue weighted by molar-refractivity contribution is 5.46. The fraction of sp³-hybridized carbons (Fsp3) is 0.455. The number of hydrogen-bond acceptors (Lipinski definition) is 6. The van der Waals surface area contributed by atoms with Crippen molar-refractivity contribution in [2.45, 2.75) is 12.7 Å². The van der Waals surface area contributed by atoms with Gasteiger partial charge in [0.2, 0.25) is 0 Å². The minimum Gasteiger partial charge on any atom is -0.493 e. The van der Waals surface area contributed by atoms with Crippen molar-refractivity contribution in [3.8, 4) is 11.5 Å². The molecule has 0 aromatic heterocycles. The van der Waals surface area contributed by atoms with E-state index in [1.807, 2.05) is 24.3 Å². The van der Waals surface area contributed by atoms with Crippen LogP contribution in [0.2, 0.25) is 0 Å². The van der Waals surface area contributed by atoms with Crippen molar-refractivity contribution in [1.82, 2.24) is 4.90 Å². The zero-order valence-electron chi connectivity index (χ0n) is 16.7. The molecule has 0 bridgehead atoms. The SMILES string of the molecule is COc1ccc(COCC(O)CN2CCN(c3ccccc3)CC2)cc1OC. The summed E-state index contributed by atoms with van der Waals surface area (Å²) in [7, 11) is 3.23. The van der Waals surface area contributed by atoms with Crippen LogP contribution in [0.1, 0.15) is 5.56 Å². The Balaban J connectivity index is 1.38. The number of rotatable bonds is 9. The van der Waals surface area contributed by atoms with Crippen molar-refractivity contribution in [1.29, 1.82) is 0 Å². The lowest BCUT2D eigenvalue weighted by Crippen LogP contribution is -2.49. The molecule has 1 saturated heterocycles. The topological polar surface area (TPSA) is 54.4 Å². The molecule has 3 rings (SSSR count). The molecule has 1 unspecified atom stereocenters. The summed E-state index contributed by atoms with van der Waals surface area (Å²) in [6, 6.07) is 16.2. The number of β-amino-alcohol motifs (C(OH)–C–C–N with tert-alkyl or cyclic N) is 1. The molecule has 0 saturated carbocycles. The van der Waals surface area contributed by atoms with Gasteiger partial charge in [-0.25, -0.2) is 0 Å². The smallest absolute Gasteiger partial charge is 0.161 e. The van der Waals surface area contributed by atoms with Crippen LogP contribution in [0.3, 0.4) is 0 Å². The Bertz CT molecular complexity index is 718. The summed E-state index contributed by atoms with van der Waals surface area (Å²) in [4.78, 5) is 4.68. The Morgan fingerprint density at radius 2 is 1.64 bits per heavy atom. The minimum atomic E-state index is -0.497. The first-order valence-corrected chi connectivity index (χ1v) is 9.68. The molecular formula is C22H30N2O4. The number of aliphatic hydroxyl groups is 1. The van der Waals surface area contributed by atoms with Gasteiger partial charge in [0.1, 0.15) is 0 Å². The second kappa shape index (κ2) is 10.3. The summed E-state index contributed by atoms with van der Waals surface area (Å²) in [6.07, 6.45) is -0.497. The molecule has 1 N–H and O–H groups in total. The highest BCUT2D eigenvalue weighted by Gasteiger charge is 2.19. The first kappa shape index (κ1) is 20.5. The van der Waals surface area contributed by atoms with Gasteiger partial charge in [-0.2, -0.15) is 0 Å². The molecule has 1 aliphatic rings. The van der Waals surface area contributed by atoms with Crippen molar-refractivity contribution in [2.24, 2.45) is 0 Å². The molecule has 152 valence electrons. The first-order chi connectivity index (χ1) is 13.7. The Morgan fingerprint density at radius 1 is 0.929 bits per heavy atom. The highest BCUT2D eigenvalue weighted by Crippen LogP contribution is 2.27. The van der Waals surface area contributed by atoms with Crippen LogP contribution in [-0.4, -0.2) is 69.7 Å². The van der Waals surface area contributed by atoms with Crippen molar-refractivity contribution >= 4 is 5.69 Å². The summed E-state index contributed by atoms with van der Waals surface area (Å²) in [5.41, 5.74) is 2.25. The van der Waals surface area contributed by atoms with E-state index in [-0.39, 0.29) is 0 Å². The molecule has 6 heteroatoms. The third-order valence-electron chi connectivity index (χ3n) is 4.99. The van der Waals surface area contributed by atoms with Gasteiger partial charge in [0.15, 0.2) is 11.5 Å².